The molecule has 0 radical (unpaired) electrons. The summed E-state index contributed by atoms with van der Waals surface area (Å²) in [6.07, 6.45) is 16.0. The molecule has 3 unspecified atom stereocenters. The SMILES string of the molecule is CC(C)CCC[C@@H](C)[C@H]1CC[C@H]2C3=CC(NCCc4c[nH]c5ccc(O)cc45)C4(O)CC(O)CC[C@]4(C)[C@H]3CC[C@]12C. The number of aliphatic hydroxyl groups excluding tert-OH is 1. The average Bonchev–Trinajstić information content (AvgIpc) is 3.50. The summed E-state index contributed by atoms with van der Waals surface area (Å²) in [5.41, 5.74) is 2.97. The molecule has 5 N–H and O–H groups in total. The van der Waals surface area contributed by atoms with Gasteiger partial charge in [-0.1, -0.05) is 65.5 Å². The maximum atomic E-state index is 12.6. The first-order chi connectivity index (χ1) is 20.0. The van der Waals surface area contributed by atoms with E-state index < -0.39 is 11.7 Å². The number of aromatic nitrogens is 1. The quantitative estimate of drug-likeness (QED) is 0.200. The fraction of sp³-hybridized carbons (Fsp3) is 0.730. The van der Waals surface area contributed by atoms with Crippen LogP contribution >= 0.6 is 0 Å². The smallest absolute Gasteiger partial charge is 0.116 e. The molecule has 4 aliphatic carbocycles. The highest BCUT2D eigenvalue weighted by atomic mass is 16.3. The molecule has 9 atom stereocenters. The van der Waals surface area contributed by atoms with Crippen LogP contribution in [0.15, 0.2) is 36.0 Å². The zero-order chi connectivity index (χ0) is 29.9. The van der Waals surface area contributed by atoms with Gasteiger partial charge in [0.05, 0.1) is 17.7 Å². The van der Waals surface area contributed by atoms with Gasteiger partial charge in [0.15, 0.2) is 0 Å². The lowest BCUT2D eigenvalue weighted by Crippen LogP contribution is -2.68. The third-order valence-electron chi connectivity index (χ3n) is 13.0. The normalized spacial score (nSPS) is 38.7. The number of phenols is 1. The number of aromatic hydroxyl groups is 1. The Kier molecular flexibility index (Phi) is 8.11. The number of benzene rings is 1. The van der Waals surface area contributed by atoms with E-state index in [4.69, 9.17) is 0 Å². The molecular weight excluding hydrogens is 520 g/mol. The average molecular weight is 577 g/mol. The zero-order valence-corrected chi connectivity index (χ0v) is 26.8. The van der Waals surface area contributed by atoms with Crippen molar-refractivity contribution < 1.29 is 15.3 Å². The standard InChI is InChI=1S/C37H56N2O3/c1-23(2)7-6-8-24(3)30-10-11-31-29-20-34(38-18-15-25-22-39-33-12-9-26(40)19-28(25)33)37(42)21-27(41)13-17-36(37,5)32(29)14-16-35(30,31)4/h9,12,19-20,22-24,27,30-32,34,38-42H,6-8,10-11,13-18,21H2,1-5H3/t24-,27?,30-,31+,32+,34?,35-,36-,37?/m1/s1. The number of hydrogen-bond donors (Lipinski definition) is 5. The molecule has 3 fully saturated rings. The molecule has 1 heterocycles. The first kappa shape index (κ1) is 30.2. The van der Waals surface area contributed by atoms with Crippen LogP contribution in [0.2, 0.25) is 0 Å². The van der Waals surface area contributed by atoms with Gasteiger partial charge >= 0.3 is 0 Å². The lowest BCUT2D eigenvalue weighted by atomic mass is 9.45. The van der Waals surface area contributed by atoms with Gasteiger partial charge in [-0.2, -0.15) is 0 Å². The van der Waals surface area contributed by atoms with Crippen molar-refractivity contribution in [3.05, 3.63) is 41.6 Å². The second kappa shape index (κ2) is 11.3. The van der Waals surface area contributed by atoms with E-state index in [0.717, 1.165) is 60.9 Å². The molecule has 4 aliphatic rings. The van der Waals surface area contributed by atoms with E-state index in [1.807, 2.05) is 18.3 Å². The van der Waals surface area contributed by atoms with Crippen LogP contribution in [-0.4, -0.2) is 44.6 Å². The number of phenolic OH excluding ortho intramolecular Hbond substituents is 1. The summed E-state index contributed by atoms with van der Waals surface area (Å²) < 4.78 is 0. The minimum Gasteiger partial charge on any atom is -0.508 e. The van der Waals surface area contributed by atoms with Crippen molar-refractivity contribution in [1.29, 1.82) is 0 Å². The van der Waals surface area contributed by atoms with Crippen LogP contribution < -0.4 is 5.32 Å². The molecule has 1 aromatic carbocycles. The van der Waals surface area contributed by atoms with Crippen LogP contribution in [0.1, 0.15) is 104 Å². The first-order valence-electron chi connectivity index (χ1n) is 17.1. The summed E-state index contributed by atoms with van der Waals surface area (Å²) in [7, 11) is 0. The molecule has 2 aromatic rings. The van der Waals surface area contributed by atoms with Crippen LogP contribution in [0.5, 0.6) is 5.75 Å². The Labute approximate surface area is 253 Å². The zero-order valence-electron chi connectivity index (χ0n) is 26.8. The molecular formula is C37H56N2O3. The van der Waals surface area contributed by atoms with Crippen molar-refractivity contribution in [2.75, 3.05) is 6.54 Å². The number of rotatable bonds is 9. The number of allylic oxidation sites excluding steroid dienone is 1. The fourth-order valence-electron chi connectivity index (χ4n) is 10.6. The second-order valence-corrected chi connectivity index (χ2v) is 15.8. The molecule has 0 bridgehead atoms. The Bertz CT molecular complexity index is 1300. The largest absolute Gasteiger partial charge is 0.508 e. The first-order valence-corrected chi connectivity index (χ1v) is 17.1. The lowest BCUT2D eigenvalue weighted by Gasteiger charge is -2.63. The van der Waals surface area contributed by atoms with Crippen LogP contribution in [0.3, 0.4) is 0 Å². The third-order valence-corrected chi connectivity index (χ3v) is 13.0. The summed E-state index contributed by atoms with van der Waals surface area (Å²) in [4.78, 5) is 3.33. The molecule has 1 aromatic heterocycles. The molecule has 0 aliphatic heterocycles. The number of aromatic amines is 1. The van der Waals surface area contributed by atoms with Gasteiger partial charge in [0.25, 0.3) is 0 Å². The van der Waals surface area contributed by atoms with E-state index in [-0.39, 0.29) is 17.2 Å². The van der Waals surface area contributed by atoms with E-state index in [1.54, 1.807) is 11.6 Å². The van der Waals surface area contributed by atoms with Crippen molar-refractivity contribution in [2.24, 2.45) is 40.4 Å². The molecule has 0 amide bonds. The predicted octanol–water partition coefficient (Wildman–Crippen LogP) is 7.50. The van der Waals surface area contributed by atoms with Gasteiger partial charge in [-0.05, 0) is 110 Å². The minimum atomic E-state index is -0.965. The van der Waals surface area contributed by atoms with Crippen molar-refractivity contribution in [1.82, 2.24) is 10.3 Å². The van der Waals surface area contributed by atoms with E-state index in [9.17, 15) is 15.3 Å². The summed E-state index contributed by atoms with van der Waals surface area (Å²) in [6.45, 7) is 12.9. The van der Waals surface area contributed by atoms with Crippen LogP contribution in [0, 0.1) is 40.4 Å². The van der Waals surface area contributed by atoms with Gasteiger partial charge in [-0.15, -0.1) is 0 Å². The summed E-state index contributed by atoms with van der Waals surface area (Å²) in [5, 5.41) is 38.3. The van der Waals surface area contributed by atoms with Gasteiger partial charge in [-0.25, -0.2) is 0 Å². The van der Waals surface area contributed by atoms with Gasteiger partial charge < -0.3 is 25.6 Å². The fourth-order valence-corrected chi connectivity index (χ4v) is 10.6. The number of hydrogen-bond acceptors (Lipinski definition) is 4. The van der Waals surface area contributed by atoms with Crippen molar-refractivity contribution in [3.8, 4) is 5.75 Å². The van der Waals surface area contributed by atoms with Crippen LogP contribution in [0.4, 0.5) is 0 Å². The van der Waals surface area contributed by atoms with Crippen molar-refractivity contribution >= 4 is 10.9 Å². The Morgan fingerprint density at radius 1 is 1.02 bits per heavy atom. The molecule has 0 saturated heterocycles. The predicted molar refractivity (Wildman–Crippen MR) is 171 cm³/mol. The monoisotopic (exact) mass is 576 g/mol. The summed E-state index contributed by atoms with van der Waals surface area (Å²) in [5.74, 6) is 3.61. The molecule has 232 valence electrons. The van der Waals surface area contributed by atoms with Crippen molar-refractivity contribution in [3.63, 3.8) is 0 Å². The Morgan fingerprint density at radius 2 is 1.83 bits per heavy atom. The molecule has 0 spiro atoms. The molecule has 5 nitrogen and oxygen atoms in total. The van der Waals surface area contributed by atoms with Gasteiger partial charge in [0, 0.05) is 28.9 Å². The van der Waals surface area contributed by atoms with E-state index in [1.165, 1.54) is 44.1 Å². The van der Waals surface area contributed by atoms with Crippen LogP contribution in [-0.2, 0) is 6.42 Å². The maximum Gasteiger partial charge on any atom is 0.116 e. The molecule has 3 saturated carbocycles. The Morgan fingerprint density at radius 3 is 2.62 bits per heavy atom. The Hall–Kier alpha value is -1.82. The number of nitrogens with one attached hydrogen (secondary N) is 2. The lowest BCUT2D eigenvalue weighted by molar-refractivity contribution is -0.181. The summed E-state index contributed by atoms with van der Waals surface area (Å²) in [6, 6.07) is 5.30. The summed E-state index contributed by atoms with van der Waals surface area (Å²) >= 11 is 0. The molecule has 6 rings (SSSR count). The maximum absolute atomic E-state index is 12.6. The van der Waals surface area contributed by atoms with Crippen LogP contribution in [0.25, 0.3) is 10.9 Å². The highest BCUT2D eigenvalue weighted by Crippen LogP contribution is 2.67. The number of fused-ring (bicyclic) bond motifs is 6. The number of aliphatic hydroxyl groups is 2. The van der Waals surface area contributed by atoms with E-state index in [2.05, 4.69) is 51.0 Å². The Balaban J connectivity index is 1.26. The van der Waals surface area contributed by atoms with Gasteiger partial charge in [0.2, 0.25) is 0 Å². The number of H-pyrrole nitrogens is 1. The van der Waals surface area contributed by atoms with Gasteiger partial charge in [0.1, 0.15) is 5.75 Å². The minimum absolute atomic E-state index is 0.174. The highest BCUT2D eigenvalue weighted by molar-refractivity contribution is 5.84. The van der Waals surface area contributed by atoms with E-state index in [0.29, 0.717) is 23.7 Å². The topological polar surface area (TPSA) is 88.5 Å². The molecule has 42 heavy (non-hydrogen) atoms. The third kappa shape index (κ3) is 4.96. The second-order valence-electron chi connectivity index (χ2n) is 15.8. The highest BCUT2D eigenvalue weighted by Gasteiger charge is 2.64. The molecule has 5 heteroatoms. The van der Waals surface area contributed by atoms with Crippen molar-refractivity contribution in [2.45, 2.75) is 123 Å². The van der Waals surface area contributed by atoms with Gasteiger partial charge in [-0.3, -0.25) is 0 Å². The van der Waals surface area contributed by atoms with E-state index >= 15 is 0 Å².